The molecule has 0 spiro atoms. The van der Waals surface area contributed by atoms with Crippen LogP contribution in [0.5, 0.6) is 0 Å². The Kier molecular flexibility index (Phi) is 18400000. The molecule has 0 aliphatic rings. The Bertz CT molecular complexity index is 4.53. The van der Waals surface area contributed by atoms with E-state index in [1.165, 1.54) is 0 Å². The second-order valence-corrected chi connectivity index (χ2v) is 0. The van der Waals surface area contributed by atoms with E-state index in [-0.39, 0.29) is 60.9 Å². The summed E-state index contributed by atoms with van der Waals surface area (Å²) in [5.41, 5.74) is 0. The first-order valence-corrected chi connectivity index (χ1v) is 0. The molecule has 75 valence electrons. The van der Waals surface area contributed by atoms with Crippen molar-refractivity contribution in [3.05, 3.63) is 0 Å². The van der Waals surface area contributed by atoms with Crippen molar-refractivity contribution in [1.29, 1.82) is 0 Å². The van der Waals surface area contributed by atoms with Crippen LogP contribution >= 0.6 is 0 Å². The summed E-state index contributed by atoms with van der Waals surface area (Å²) in [6.07, 6.45) is 0. The third-order valence-corrected chi connectivity index (χ3v) is 0. The van der Waals surface area contributed by atoms with Crippen molar-refractivity contribution in [2.24, 2.45) is 0 Å². The van der Waals surface area contributed by atoms with Gasteiger partial charge in [-0.1, -0.05) is 0 Å². The van der Waals surface area contributed by atoms with Gasteiger partial charge in [0.2, 0.25) is 0 Å². The van der Waals surface area contributed by atoms with Crippen LogP contribution in [0.4, 0.5) is 0 Å². The first kappa shape index (κ1) is 15500. The monoisotopic (exact) mass is 207 g/mol. The Morgan fingerprint density at radius 2 is 0.222 bits per heavy atom. The van der Waals surface area contributed by atoms with Crippen LogP contribution in [0.3, 0.4) is 0 Å². The molecular weight excluding hydrogens is 192 g/mol. The summed E-state index contributed by atoms with van der Waals surface area (Å²) >= 11 is 0. The fourth-order valence-corrected chi connectivity index (χ4v) is 0. The van der Waals surface area contributed by atoms with E-state index in [4.69, 9.17) is 0 Å². The zero-order chi connectivity index (χ0) is 0. The smallest absolute Gasteiger partial charge is 0 e. The second-order valence-electron chi connectivity index (χ2n) is 0. The predicted octanol–water partition coefficient (Wildman–Crippen LogP) is -6.60. The molecule has 9 heavy (non-hydrogen) atoms. The van der Waals surface area contributed by atoms with Gasteiger partial charge in [-0.3, -0.25) is 0 Å². The van der Waals surface area contributed by atoms with Crippen molar-refractivity contribution in [2.75, 3.05) is 0 Å². The molecular formula is H16CuO8. The molecule has 0 aromatic carbocycles. The van der Waals surface area contributed by atoms with Gasteiger partial charge in [-0.05, 0) is 0 Å². The zero-order valence-electron chi connectivity index (χ0n) is 4.30. The Labute approximate surface area is 61.8 Å². The Balaban J connectivity index is 0. The SMILES string of the molecule is O.O.O.O.O.O.O.O.[Cu]. The Morgan fingerprint density at radius 1 is 0.222 bits per heavy atom. The van der Waals surface area contributed by atoms with Crippen molar-refractivity contribution in [2.45, 2.75) is 0 Å². The van der Waals surface area contributed by atoms with Crippen molar-refractivity contribution < 1.29 is 60.9 Å². The van der Waals surface area contributed by atoms with Gasteiger partial charge in [0.25, 0.3) is 0 Å². The number of hydrogen-bond acceptors (Lipinski definition) is 0. The van der Waals surface area contributed by atoms with E-state index in [0.29, 0.717) is 0 Å². The summed E-state index contributed by atoms with van der Waals surface area (Å²) in [6.45, 7) is 0. The zero-order valence-corrected chi connectivity index (χ0v) is 5.24. The largest absolute Gasteiger partial charge is 0.412 e. The molecule has 0 heterocycles. The first-order chi connectivity index (χ1) is 0. The molecule has 0 aromatic heterocycles. The molecule has 0 amide bonds. The maximum absolute atomic E-state index is 0. The van der Waals surface area contributed by atoms with E-state index < -0.39 is 0 Å². The van der Waals surface area contributed by atoms with Crippen LogP contribution in [0, 0.1) is 0 Å². The van der Waals surface area contributed by atoms with Crippen molar-refractivity contribution in [3.63, 3.8) is 0 Å². The minimum Gasteiger partial charge on any atom is -0.412 e. The van der Waals surface area contributed by atoms with Crippen LogP contribution in [0.2, 0.25) is 0 Å². The van der Waals surface area contributed by atoms with E-state index >= 15 is 0 Å². The molecule has 8 nitrogen and oxygen atoms in total. The molecule has 0 saturated carbocycles. The van der Waals surface area contributed by atoms with Gasteiger partial charge >= 0.3 is 0 Å². The average molecular weight is 208 g/mol. The molecule has 0 aliphatic heterocycles. The fraction of sp³-hybridized carbons (Fsp3) is 0. The van der Waals surface area contributed by atoms with Crippen LogP contribution in [0.15, 0.2) is 0 Å². The molecule has 0 fully saturated rings. The summed E-state index contributed by atoms with van der Waals surface area (Å²) < 4.78 is 0. The summed E-state index contributed by atoms with van der Waals surface area (Å²) in [5.74, 6) is 0. The minimum absolute atomic E-state index is 0. The third-order valence-electron chi connectivity index (χ3n) is 0. The molecule has 0 aromatic rings. The molecule has 0 rings (SSSR count). The average Bonchev–Trinajstić information content (AvgIpc) is 0. The number of hydrogen-bond donors (Lipinski definition) is 0. The van der Waals surface area contributed by atoms with Gasteiger partial charge in [0.1, 0.15) is 0 Å². The number of rotatable bonds is 0. The molecule has 0 unspecified atom stereocenters. The van der Waals surface area contributed by atoms with Gasteiger partial charge in [-0.2, -0.15) is 0 Å². The summed E-state index contributed by atoms with van der Waals surface area (Å²) in [6, 6.07) is 0. The second kappa shape index (κ2) is 10700. The van der Waals surface area contributed by atoms with Crippen molar-refractivity contribution in [3.8, 4) is 0 Å². The maximum atomic E-state index is 0. The van der Waals surface area contributed by atoms with Gasteiger partial charge in [0.15, 0.2) is 0 Å². The maximum Gasteiger partial charge on any atom is 0 e. The molecule has 1 radical (unpaired) electrons. The topological polar surface area (TPSA) is 252 Å². The molecule has 0 saturated heterocycles. The van der Waals surface area contributed by atoms with Crippen LogP contribution in [0.25, 0.3) is 0 Å². The first-order valence-electron chi connectivity index (χ1n) is 0. The van der Waals surface area contributed by atoms with Crippen LogP contribution in [-0.2, 0) is 17.1 Å². The standard InChI is InChI=1S/Cu.8H2O/h;8*1H2. The quantitative estimate of drug-likeness (QED) is 0.336. The van der Waals surface area contributed by atoms with E-state index in [2.05, 4.69) is 0 Å². The van der Waals surface area contributed by atoms with Gasteiger partial charge in [0, 0.05) is 17.1 Å². The van der Waals surface area contributed by atoms with E-state index in [9.17, 15) is 0 Å². The summed E-state index contributed by atoms with van der Waals surface area (Å²) in [4.78, 5) is 0. The van der Waals surface area contributed by atoms with Crippen LogP contribution in [-0.4, -0.2) is 43.8 Å². The third kappa shape index (κ3) is 7920. The van der Waals surface area contributed by atoms with Gasteiger partial charge in [-0.15, -0.1) is 0 Å². The molecule has 16 N–H and O–H groups in total. The molecule has 9 heteroatoms. The predicted molar refractivity (Wildman–Crippen MR) is 28.9 cm³/mol. The van der Waals surface area contributed by atoms with E-state index in [0.717, 1.165) is 0 Å². The minimum atomic E-state index is 0. The van der Waals surface area contributed by atoms with Gasteiger partial charge < -0.3 is 43.8 Å². The fourth-order valence-electron chi connectivity index (χ4n) is 0. The van der Waals surface area contributed by atoms with Crippen LogP contribution < -0.4 is 0 Å². The molecule has 0 aliphatic carbocycles. The van der Waals surface area contributed by atoms with E-state index in [1.54, 1.807) is 0 Å². The Morgan fingerprint density at radius 3 is 0.222 bits per heavy atom. The van der Waals surface area contributed by atoms with E-state index in [1.807, 2.05) is 0 Å². The molecule has 0 bridgehead atoms. The molecule has 0 atom stereocenters. The van der Waals surface area contributed by atoms with Gasteiger partial charge in [-0.25, -0.2) is 0 Å². The van der Waals surface area contributed by atoms with Crippen molar-refractivity contribution >= 4 is 0 Å². The summed E-state index contributed by atoms with van der Waals surface area (Å²) in [5, 5.41) is 0. The van der Waals surface area contributed by atoms with Crippen LogP contribution in [0.1, 0.15) is 0 Å². The Hall–Kier alpha value is 0.199. The van der Waals surface area contributed by atoms with Crippen molar-refractivity contribution in [1.82, 2.24) is 0 Å². The van der Waals surface area contributed by atoms with Gasteiger partial charge in [0.05, 0.1) is 0 Å². The summed E-state index contributed by atoms with van der Waals surface area (Å²) in [7, 11) is 0. The normalized spacial score (nSPS) is 0.